The molecule has 0 fully saturated rings. The molecule has 1 heterocycles. The molecule has 3 N–H and O–H groups in total. The summed E-state index contributed by atoms with van der Waals surface area (Å²) in [5.74, 6) is -0.281. The number of hydrogen-bond acceptors (Lipinski definition) is 4. The number of hydrogen-bond donors (Lipinski definition) is 2. The highest BCUT2D eigenvalue weighted by atomic mass is 32.2. The molecular weight excluding hydrogens is 260 g/mol. The van der Waals surface area contributed by atoms with Crippen LogP contribution in [0.1, 0.15) is 26.5 Å². The Bertz CT molecular complexity index is 486. The van der Waals surface area contributed by atoms with Crippen molar-refractivity contribution in [3.8, 4) is 0 Å². The second-order valence-corrected chi connectivity index (χ2v) is 6.82. The van der Waals surface area contributed by atoms with E-state index in [0.717, 1.165) is 10.4 Å². The Hall–Kier alpha value is -0.920. The number of nitrogens with one attached hydrogen (secondary N) is 1. The summed E-state index contributed by atoms with van der Waals surface area (Å²) in [6.07, 6.45) is 0.327. The summed E-state index contributed by atoms with van der Waals surface area (Å²) >= 11 is 1.43. The molecule has 1 rings (SSSR count). The number of sulfonamides is 1. The van der Waals surface area contributed by atoms with E-state index in [9.17, 15) is 13.2 Å². The van der Waals surface area contributed by atoms with Crippen molar-refractivity contribution in [2.45, 2.75) is 20.3 Å². The third-order valence-electron chi connectivity index (χ3n) is 2.28. The molecule has 7 heteroatoms. The summed E-state index contributed by atoms with van der Waals surface area (Å²) in [5, 5.41) is 7.51. The van der Waals surface area contributed by atoms with Crippen LogP contribution in [0.15, 0.2) is 6.07 Å². The number of thiophene rings is 1. The first kappa shape index (κ1) is 14.1. The monoisotopic (exact) mass is 276 g/mol. The lowest BCUT2D eigenvalue weighted by molar-refractivity contribution is 0.0957. The van der Waals surface area contributed by atoms with Crippen molar-refractivity contribution in [2.75, 3.05) is 12.3 Å². The first-order valence-electron chi connectivity index (χ1n) is 5.15. The van der Waals surface area contributed by atoms with Gasteiger partial charge in [0.15, 0.2) is 0 Å². The lowest BCUT2D eigenvalue weighted by Gasteiger charge is -2.02. The number of primary sulfonamides is 1. The van der Waals surface area contributed by atoms with Crippen molar-refractivity contribution in [3.63, 3.8) is 0 Å². The quantitative estimate of drug-likeness (QED) is 0.779. The Labute approximate surface area is 105 Å². The fourth-order valence-electron chi connectivity index (χ4n) is 1.25. The summed E-state index contributed by atoms with van der Waals surface area (Å²) in [6.45, 7) is 4.21. The van der Waals surface area contributed by atoms with E-state index < -0.39 is 10.0 Å². The molecular formula is C10H16N2O3S2. The highest BCUT2D eigenvalue weighted by molar-refractivity contribution is 7.89. The highest BCUT2D eigenvalue weighted by Gasteiger charge is 2.10. The van der Waals surface area contributed by atoms with E-state index >= 15 is 0 Å². The predicted octanol–water partition coefficient (Wildman–Crippen LogP) is 0.773. The summed E-state index contributed by atoms with van der Waals surface area (Å²) in [6, 6.07) is 1.83. The minimum absolute atomic E-state index is 0.115. The molecule has 0 unspecified atom stereocenters. The molecule has 0 saturated carbocycles. The SMILES string of the molecule is Cc1cc(C(=O)NCCCS(N)(=O)=O)sc1C. The zero-order chi connectivity index (χ0) is 13.1. The van der Waals surface area contributed by atoms with E-state index in [-0.39, 0.29) is 11.7 Å². The van der Waals surface area contributed by atoms with Gasteiger partial charge in [0.05, 0.1) is 10.6 Å². The average Bonchev–Trinajstić information content (AvgIpc) is 2.52. The van der Waals surface area contributed by atoms with Crippen LogP contribution in [0.3, 0.4) is 0 Å². The number of carbonyl (C=O) groups is 1. The topological polar surface area (TPSA) is 89.3 Å². The number of amides is 1. The first-order valence-corrected chi connectivity index (χ1v) is 7.68. The van der Waals surface area contributed by atoms with Crippen LogP contribution in [0.5, 0.6) is 0 Å². The Kier molecular flexibility index (Phi) is 4.67. The summed E-state index contributed by atoms with van der Waals surface area (Å²) in [7, 11) is -3.44. The minimum atomic E-state index is -3.44. The highest BCUT2D eigenvalue weighted by Crippen LogP contribution is 2.20. The third-order valence-corrected chi connectivity index (χ3v) is 4.29. The molecule has 0 saturated heterocycles. The molecule has 0 atom stereocenters. The van der Waals surface area contributed by atoms with Gasteiger partial charge in [-0.3, -0.25) is 4.79 Å². The van der Waals surface area contributed by atoms with Gasteiger partial charge in [0.2, 0.25) is 10.0 Å². The lowest BCUT2D eigenvalue weighted by atomic mass is 10.3. The Morgan fingerprint density at radius 1 is 1.47 bits per heavy atom. The van der Waals surface area contributed by atoms with Gasteiger partial charge >= 0.3 is 0 Å². The van der Waals surface area contributed by atoms with Gasteiger partial charge in [0.25, 0.3) is 5.91 Å². The van der Waals surface area contributed by atoms with Crippen molar-refractivity contribution in [1.82, 2.24) is 5.32 Å². The number of carbonyl (C=O) groups excluding carboxylic acids is 1. The Morgan fingerprint density at radius 3 is 2.59 bits per heavy atom. The van der Waals surface area contributed by atoms with Crippen molar-refractivity contribution in [3.05, 3.63) is 21.4 Å². The van der Waals surface area contributed by atoms with Crippen LogP contribution in [0.4, 0.5) is 0 Å². The van der Waals surface area contributed by atoms with Crippen LogP contribution in [0.2, 0.25) is 0 Å². The largest absolute Gasteiger partial charge is 0.351 e. The van der Waals surface area contributed by atoms with Crippen molar-refractivity contribution < 1.29 is 13.2 Å². The van der Waals surface area contributed by atoms with Crippen molar-refractivity contribution in [1.29, 1.82) is 0 Å². The maximum atomic E-state index is 11.7. The van der Waals surface area contributed by atoms with E-state index in [1.54, 1.807) is 0 Å². The molecule has 0 aliphatic rings. The van der Waals surface area contributed by atoms with Crippen LogP contribution in [-0.2, 0) is 10.0 Å². The second kappa shape index (κ2) is 5.61. The smallest absolute Gasteiger partial charge is 0.261 e. The molecule has 1 amide bonds. The summed E-state index contributed by atoms with van der Waals surface area (Å²) in [5.41, 5.74) is 1.09. The zero-order valence-electron chi connectivity index (χ0n) is 9.82. The lowest BCUT2D eigenvalue weighted by Crippen LogP contribution is -2.26. The first-order chi connectivity index (χ1) is 7.79. The maximum Gasteiger partial charge on any atom is 0.261 e. The molecule has 1 aromatic rings. The number of rotatable bonds is 5. The molecule has 17 heavy (non-hydrogen) atoms. The number of aryl methyl sites for hydroxylation is 2. The Balaban J connectivity index is 2.40. The summed E-state index contributed by atoms with van der Waals surface area (Å²) < 4.78 is 21.3. The molecule has 0 radical (unpaired) electrons. The zero-order valence-corrected chi connectivity index (χ0v) is 11.5. The molecule has 1 aromatic heterocycles. The Morgan fingerprint density at radius 2 is 2.12 bits per heavy atom. The molecule has 5 nitrogen and oxygen atoms in total. The van der Waals surface area contributed by atoms with Crippen LogP contribution >= 0.6 is 11.3 Å². The minimum Gasteiger partial charge on any atom is -0.351 e. The van der Waals surface area contributed by atoms with Gasteiger partial charge in [-0.2, -0.15) is 0 Å². The van der Waals surface area contributed by atoms with Gasteiger partial charge < -0.3 is 5.32 Å². The maximum absolute atomic E-state index is 11.7. The van der Waals surface area contributed by atoms with Gasteiger partial charge in [-0.1, -0.05) is 0 Å². The van der Waals surface area contributed by atoms with E-state index in [2.05, 4.69) is 5.32 Å². The average molecular weight is 276 g/mol. The predicted molar refractivity (Wildman–Crippen MR) is 68.7 cm³/mol. The molecule has 0 aliphatic carbocycles. The summed E-state index contributed by atoms with van der Waals surface area (Å²) in [4.78, 5) is 13.4. The van der Waals surface area contributed by atoms with E-state index in [1.165, 1.54) is 11.3 Å². The van der Waals surface area contributed by atoms with Gasteiger partial charge in [0, 0.05) is 11.4 Å². The molecule has 0 aromatic carbocycles. The fourth-order valence-corrected chi connectivity index (χ4v) is 2.74. The van der Waals surface area contributed by atoms with Crippen LogP contribution in [-0.4, -0.2) is 26.6 Å². The standard InChI is InChI=1S/C10H16N2O3S2/c1-7-6-9(16-8(7)2)10(13)12-4-3-5-17(11,14)15/h6H,3-5H2,1-2H3,(H,12,13)(H2,11,14,15). The van der Waals surface area contributed by atoms with Crippen molar-refractivity contribution >= 4 is 27.3 Å². The molecule has 0 bridgehead atoms. The van der Waals surface area contributed by atoms with Crippen molar-refractivity contribution in [2.24, 2.45) is 5.14 Å². The van der Waals surface area contributed by atoms with E-state index in [4.69, 9.17) is 5.14 Å². The third kappa shape index (κ3) is 4.84. The van der Waals surface area contributed by atoms with Crippen LogP contribution in [0, 0.1) is 13.8 Å². The normalized spacial score (nSPS) is 11.5. The van der Waals surface area contributed by atoms with Gasteiger partial charge in [0.1, 0.15) is 0 Å². The molecule has 96 valence electrons. The molecule has 0 spiro atoms. The van der Waals surface area contributed by atoms with Crippen LogP contribution in [0.25, 0.3) is 0 Å². The molecule has 0 aliphatic heterocycles. The van der Waals surface area contributed by atoms with E-state index in [1.807, 2.05) is 19.9 Å². The van der Waals surface area contributed by atoms with E-state index in [0.29, 0.717) is 17.8 Å². The number of nitrogens with two attached hydrogens (primary N) is 1. The van der Waals surface area contributed by atoms with Gasteiger partial charge in [-0.05, 0) is 31.9 Å². The van der Waals surface area contributed by atoms with Gasteiger partial charge in [-0.15, -0.1) is 11.3 Å². The second-order valence-electron chi connectivity index (χ2n) is 3.83. The van der Waals surface area contributed by atoms with Crippen LogP contribution < -0.4 is 10.5 Å². The van der Waals surface area contributed by atoms with Gasteiger partial charge in [-0.25, -0.2) is 13.6 Å². The fraction of sp³-hybridized carbons (Fsp3) is 0.500.